The summed E-state index contributed by atoms with van der Waals surface area (Å²) in [4.78, 5) is 13.4. The molecule has 0 aliphatic carbocycles. The molecule has 1 rings (SSSR count). The van der Waals surface area contributed by atoms with Gasteiger partial charge in [-0.15, -0.1) is 0 Å². The summed E-state index contributed by atoms with van der Waals surface area (Å²) in [5.41, 5.74) is 0.997. The molecule has 0 aromatic heterocycles. The average Bonchev–Trinajstić information content (AvgIpc) is 2.38. The first-order valence-corrected chi connectivity index (χ1v) is 7.02. The van der Waals surface area contributed by atoms with Crippen LogP contribution in [0.1, 0.15) is 39.2 Å². The Labute approximate surface area is 116 Å². The van der Waals surface area contributed by atoms with E-state index < -0.39 is 5.97 Å². The number of carboxylic acid groups (broad SMARTS) is 1. The van der Waals surface area contributed by atoms with Crippen LogP contribution in [0.25, 0.3) is 0 Å². The van der Waals surface area contributed by atoms with Gasteiger partial charge in [0.2, 0.25) is 0 Å². The first kappa shape index (κ1) is 15.7. The van der Waals surface area contributed by atoms with E-state index in [1.165, 1.54) is 5.56 Å². The minimum absolute atomic E-state index is 0.196. The fourth-order valence-electron chi connectivity index (χ4n) is 2.73. The van der Waals surface area contributed by atoms with Crippen LogP contribution in [-0.4, -0.2) is 34.6 Å². The molecule has 0 fully saturated rings. The summed E-state index contributed by atoms with van der Waals surface area (Å²) in [7, 11) is 0. The van der Waals surface area contributed by atoms with Crippen molar-refractivity contribution in [1.29, 1.82) is 0 Å². The Balaban J connectivity index is 2.76. The lowest BCUT2D eigenvalue weighted by Gasteiger charge is -2.39. The summed E-state index contributed by atoms with van der Waals surface area (Å²) in [6.45, 7) is 8.01. The first-order valence-electron chi connectivity index (χ1n) is 7.02. The lowest BCUT2D eigenvalue weighted by atomic mass is 9.88. The Hall–Kier alpha value is -1.35. The van der Waals surface area contributed by atoms with Crippen molar-refractivity contribution in [3.8, 4) is 0 Å². The third-order valence-corrected chi connectivity index (χ3v) is 3.85. The van der Waals surface area contributed by atoms with Crippen molar-refractivity contribution >= 4 is 5.97 Å². The molecule has 0 aliphatic rings. The number of nitrogens with zero attached hydrogens (tertiary/aromatic N) is 1. The van der Waals surface area contributed by atoms with Gasteiger partial charge in [0.25, 0.3) is 0 Å². The predicted molar refractivity (Wildman–Crippen MR) is 78.3 cm³/mol. The van der Waals surface area contributed by atoms with Gasteiger partial charge in [-0.05, 0) is 38.4 Å². The summed E-state index contributed by atoms with van der Waals surface area (Å²) >= 11 is 0. The van der Waals surface area contributed by atoms with E-state index in [0.29, 0.717) is 0 Å². The van der Waals surface area contributed by atoms with Crippen LogP contribution >= 0.6 is 0 Å². The van der Waals surface area contributed by atoms with E-state index in [1.54, 1.807) is 0 Å². The number of benzene rings is 1. The normalized spacial score (nSPS) is 14.3. The quantitative estimate of drug-likeness (QED) is 0.783. The van der Waals surface area contributed by atoms with Gasteiger partial charge < -0.3 is 5.11 Å². The Morgan fingerprint density at radius 1 is 1.21 bits per heavy atom. The van der Waals surface area contributed by atoms with Crippen molar-refractivity contribution in [3.05, 3.63) is 35.9 Å². The van der Waals surface area contributed by atoms with E-state index in [-0.39, 0.29) is 12.0 Å². The molecule has 3 heteroatoms. The first-order chi connectivity index (χ1) is 9.01. The Kier molecular flexibility index (Phi) is 6.03. The lowest BCUT2D eigenvalue weighted by molar-refractivity contribution is -0.140. The van der Waals surface area contributed by atoms with Crippen LogP contribution in [0.5, 0.6) is 0 Å². The maximum atomic E-state index is 11.1. The number of aliphatic carboxylic acids is 1. The third-order valence-electron chi connectivity index (χ3n) is 3.85. The Morgan fingerprint density at radius 3 is 2.26 bits per heavy atom. The van der Waals surface area contributed by atoms with Crippen molar-refractivity contribution in [2.24, 2.45) is 0 Å². The molecule has 1 aromatic rings. The molecule has 0 aliphatic heterocycles. The number of hydrogen-bond donors (Lipinski definition) is 1. The molecule has 1 atom stereocenters. The van der Waals surface area contributed by atoms with Crippen LogP contribution in [0.15, 0.2) is 30.3 Å². The van der Waals surface area contributed by atoms with Crippen molar-refractivity contribution < 1.29 is 9.90 Å². The molecule has 0 heterocycles. The van der Waals surface area contributed by atoms with Crippen LogP contribution in [0.2, 0.25) is 0 Å². The van der Waals surface area contributed by atoms with Crippen LogP contribution < -0.4 is 0 Å². The molecule has 0 radical (unpaired) electrons. The summed E-state index contributed by atoms with van der Waals surface area (Å²) in [5.74, 6) is -0.720. The number of carbonyl (C=O) groups is 1. The van der Waals surface area contributed by atoms with Gasteiger partial charge in [0, 0.05) is 5.54 Å². The number of rotatable bonds is 8. The Bertz CT molecular complexity index is 387. The third kappa shape index (κ3) is 4.67. The second-order valence-corrected chi connectivity index (χ2v) is 5.23. The van der Waals surface area contributed by atoms with Gasteiger partial charge in [-0.1, -0.05) is 44.2 Å². The van der Waals surface area contributed by atoms with E-state index in [9.17, 15) is 4.79 Å². The fraction of sp³-hybridized carbons (Fsp3) is 0.562. The van der Waals surface area contributed by atoms with Gasteiger partial charge in [-0.3, -0.25) is 9.69 Å². The zero-order valence-corrected chi connectivity index (χ0v) is 12.2. The summed E-state index contributed by atoms with van der Waals surface area (Å²) in [6, 6.07) is 10.3. The molecule has 19 heavy (non-hydrogen) atoms. The highest BCUT2D eigenvalue weighted by Gasteiger charge is 2.32. The molecule has 0 bridgehead atoms. The van der Waals surface area contributed by atoms with Crippen molar-refractivity contribution in [2.45, 2.75) is 45.6 Å². The van der Waals surface area contributed by atoms with Crippen molar-refractivity contribution in [1.82, 2.24) is 4.90 Å². The van der Waals surface area contributed by atoms with E-state index in [2.05, 4.69) is 37.8 Å². The summed E-state index contributed by atoms with van der Waals surface area (Å²) in [6.07, 6.45) is 1.98. The highest BCUT2D eigenvalue weighted by molar-refractivity contribution is 5.68. The topological polar surface area (TPSA) is 40.5 Å². The van der Waals surface area contributed by atoms with E-state index in [0.717, 1.165) is 25.9 Å². The van der Waals surface area contributed by atoms with E-state index in [4.69, 9.17) is 5.11 Å². The van der Waals surface area contributed by atoms with Crippen LogP contribution in [0.4, 0.5) is 0 Å². The number of hydrogen-bond acceptors (Lipinski definition) is 2. The zero-order valence-electron chi connectivity index (χ0n) is 12.2. The zero-order chi connectivity index (χ0) is 14.3. The van der Waals surface area contributed by atoms with Gasteiger partial charge in [0.1, 0.15) is 0 Å². The molecular formula is C16H25NO2. The molecule has 1 aromatic carbocycles. The SMILES string of the molecule is CCN(CC)C(C)(CCc1ccccc1)CC(=O)O. The molecule has 0 amide bonds. The minimum atomic E-state index is -0.720. The molecule has 1 unspecified atom stereocenters. The van der Waals surface area contributed by atoms with Crippen molar-refractivity contribution in [2.75, 3.05) is 13.1 Å². The minimum Gasteiger partial charge on any atom is -0.481 e. The maximum Gasteiger partial charge on any atom is 0.305 e. The van der Waals surface area contributed by atoms with E-state index in [1.807, 2.05) is 18.2 Å². The lowest BCUT2D eigenvalue weighted by Crippen LogP contribution is -2.48. The molecule has 106 valence electrons. The van der Waals surface area contributed by atoms with Crippen LogP contribution in [0.3, 0.4) is 0 Å². The van der Waals surface area contributed by atoms with Gasteiger partial charge in [0.15, 0.2) is 0 Å². The second kappa shape index (κ2) is 7.29. The summed E-state index contributed by atoms with van der Waals surface area (Å²) in [5, 5.41) is 9.16. The Morgan fingerprint density at radius 2 is 1.79 bits per heavy atom. The number of carboxylic acids is 1. The average molecular weight is 263 g/mol. The van der Waals surface area contributed by atoms with Gasteiger partial charge in [-0.25, -0.2) is 0 Å². The molecule has 1 N–H and O–H groups in total. The van der Waals surface area contributed by atoms with Crippen molar-refractivity contribution in [3.63, 3.8) is 0 Å². The predicted octanol–water partition coefficient (Wildman–Crippen LogP) is 3.19. The van der Waals surface area contributed by atoms with Crippen LogP contribution in [-0.2, 0) is 11.2 Å². The second-order valence-electron chi connectivity index (χ2n) is 5.23. The molecule has 0 spiro atoms. The molecule has 0 saturated heterocycles. The molecular weight excluding hydrogens is 238 g/mol. The van der Waals surface area contributed by atoms with Gasteiger partial charge >= 0.3 is 5.97 Å². The highest BCUT2D eigenvalue weighted by atomic mass is 16.4. The largest absolute Gasteiger partial charge is 0.481 e. The molecule has 0 saturated carbocycles. The standard InChI is InChI=1S/C16H25NO2/c1-4-17(5-2)16(3,13-15(18)19)12-11-14-9-7-6-8-10-14/h6-10H,4-5,11-13H2,1-3H3,(H,18,19). The highest BCUT2D eigenvalue weighted by Crippen LogP contribution is 2.25. The van der Waals surface area contributed by atoms with E-state index >= 15 is 0 Å². The van der Waals surface area contributed by atoms with Gasteiger partial charge in [-0.2, -0.15) is 0 Å². The fourth-order valence-corrected chi connectivity index (χ4v) is 2.73. The van der Waals surface area contributed by atoms with Crippen LogP contribution in [0, 0.1) is 0 Å². The monoisotopic (exact) mass is 263 g/mol. The smallest absolute Gasteiger partial charge is 0.305 e. The summed E-state index contributed by atoms with van der Waals surface area (Å²) < 4.78 is 0. The maximum absolute atomic E-state index is 11.1. The van der Waals surface area contributed by atoms with Gasteiger partial charge in [0.05, 0.1) is 6.42 Å². The molecule has 3 nitrogen and oxygen atoms in total. The number of aryl methyl sites for hydroxylation is 1.